The molecule has 2 rings (SSSR count). The second kappa shape index (κ2) is 4.05. The highest BCUT2D eigenvalue weighted by Gasteiger charge is 2.13. The lowest BCUT2D eigenvalue weighted by Gasteiger charge is -2.03. The van der Waals surface area contributed by atoms with Gasteiger partial charge in [-0.05, 0) is 19.1 Å². The smallest absolute Gasteiger partial charge is 0.249 e. The Hall–Kier alpha value is -2.31. The van der Waals surface area contributed by atoms with E-state index < -0.39 is 5.97 Å². The third-order valence-corrected chi connectivity index (χ3v) is 2.02. The standard InChI is InChI=1S/C9H7FN4O2/c1-6-7(9(15)16-10)2-3-8(12-6)14-5-4-11-13-14/h2-5H,1H3. The van der Waals surface area contributed by atoms with E-state index in [1.165, 1.54) is 23.0 Å². The maximum Gasteiger partial charge on any atom is 0.381 e. The number of aryl methyl sites for hydroxylation is 1. The molecule has 0 saturated heterocycles. The van der Waals surface area contributed by atoms with Gasteiger partial charge in [0.2, 0.25) is 0 Å². The van der Waals surface area contributed by atoms with Crippen LogP contribution in [-0.4, -0.2) is 25.9 Å². The molecule has 0 unspecified atom stereocenters. The summed E-state index contributed by atoms with van der Waals surface area (Å²) in [5, 5.41) is 7.36. The number of rotatable bonds is 2. The number of halogens is 1. The molecular formula is C9H7FN4O2. The van der Waals surface area contributed by atoms with Gasteiger partial charge in [-0.2, -0.15) is 0 Å². The highest BCUT2D eigenvalue weighted by Crippen LogP contribution is 2.10. The molecule has 0 fully saturated rings. The second-order valence-corrected chi connectivity index (χ2v) is 3.01. The number of hydrogen-bond acceptors (Lipinski definition) is 5. The van der Waals surface area contributed by atoms with Crippen LogP contribution in [-0.2, 0) is 4.94 Å². The largest absolute Gasteiger partial charge is 0.381 e. The van der Waals surface area contributed by atoms with Gasteiger partial charge in [0.15, 0.2) is 5.82 Å². The maximum absolute atomic E-state index is 11.7. The topological polar surface area (TPSA) is 69.9 Å². The number of aromatic nitrogens is 4. The molecule has 7 heteroatoms. The molecule has 0 aliphatic rings. The Morgan fingerprint density at radius 3 is 2.88 bits per heavy atom. The van der Waals surface area contributed by atoms with Crippen LogP contribution >= 0.6 is 0 Å². The van der Waals surface area contributed by atoms with Crippen LogP contribution in [0.1, 0.15) is 16.1 Å². The SMILES string of the molecule is Cc1nc(-n2ccnn2)ccc1C(=O)OF. The third-order valence-electron chi connectivity index (χ3n) is 2.02. The van der Waals surface area contributed by atoms with Gasteiger partial charge in [-0.1, -0.05) is 5.21 Å². The highest BCUT2D eigenvalue weighted by molar-refractivity contribution is 5.90. The summed E-state index contributed by atoms with van der Waals surface area (Å²) in [4.78, 5) is 18.2. The molecule has 0 radical (unpaired) electrons. The minimum absolute atomic E-state index is 0.0753. The lowest BCUT2D eigenvalue weighted by Crippen LogP contribution is -2.06. The van der Waals surface area contributed by atoms with E-state index in [0.717, 1.165) is 0 Å². The number of carbonyl (C=O) groups excluding carboxylic acids is 1. The van der Waals surface area contributed by atoms with Crippen LogP contribution in [0.15, 0.2) is 24.5 Å². The van der Waals surface area contributed by atoms with Crippen LogP contribution in [0.25, 0.3) is 5.82 Å². The van der Waals surface area contributed by atoms with Crippen LogP contribution in [0.4, 0.5) is 4.53 Å². The zero-order valence-corrected chi connectivity index (χ0v) is 8.29. The van der Waals surface area contributed by atoms with E-state index in [2.05, 4.69) is 20.2 Å². The van der Waals surface area contributed by atoms with Crippen molar-refractivity contribution in [2.75, 3.05) is 0 Å². The van der Waals surface area contributed by atoms with E-state index in [1.54, 1.807) is 13.1 Å². The van der Waals surface area contributed by atoms with Crippen molar-refractivity contribution >= 4 is 5.97 Å². The summed E-state index contributed by atoms with van der Waals surface area (Å²) in [6.45, 7) is 1.58. The predicted octanol–water partition coefficient (Wildman–Crippen LogP) is 1.01. The van der Waals surface area contributed by atoms with Gasteiger partial charge in [0, 0.05) is 4.53 Å². The van der Waals surface area contributed by atoms with Gasteiger partial charge in [0.05, 0.1) is 23.7 Å². The van der Waals surface area contributed by atoms with Gasteiger partial charge < -0.3 is 0 Å². The predicted molar refractivity (Wildman–Crippen MR) is 50.4 cm³/mol. The lowest BCUT2D eigenvalue weighted by atomic mass is 10.2. The molecule has 6 nitrogen and oxygen atoms in total. The number of hydrogen-bond donors (Lipinski definition) is 0. The highest BCUT2D eigenvalue weighted by atomic mass is 19.3. The molecule has 0 bridgehead atoms. The summed E-state index contributed by atoms with van der Waals surface area (Å²) in [6, 6.07) is 2.94. The van der Waals surface area contributed by atoms with E-state index in [4.69, 9.17) is 0 Å². The van der Waals surface area contributed by atoms with E-state index in [9.17, 15) is 9.32 Å². The first kappa shape index (κ1) is 10.2. The average molecular weight is 222 g/mol. The van der Waals surface area contributed by atoms with Crippen molar-refractivity contribution in [1.82, 2.24) is 20.0 Å². The molecule has 16 heavy (non-hydrogen) atoms. The van der Waals surface area contributed by atoms with Crippen molar-refractivity contribution in [2.24, 2.45) is 0 Å². The molecule has 0 aromatic carbocycles. The van der Waals surface area contributed by atoms with Crippen molar-refractivity contribution in [1.29, 1.82) is 0 Å². The quantitative estimate of drug-likeness (QED) is 0.758. The fourth-order valence-corrected chi connectivity index (χ4v) is 1.26. The van der Waals surface area contributed by atoms with Crippen molar-refractivity contribution in [3.05, 3.63) is 35.8 Å². The first-order valence-electron chi connectivity index (χ1n) is 4.39. The Kier molecular flexibility index (Phi) is 2.59. The van der Waals surface area contributed by atoms with Crippen molar-refractivity contribution in [3.8, 4) is 5.82 Å². The summed E-state index contributed by atoms with van der Waals surface area (Å²) in [6.07, 6.45) is 3.11. The van der Waals surface area contributed by atoms with E-state index in [0.29, 0.717) is 11.5 Å². The third kappa shape index (κ3) is 1.74. The first-order valence-corrected chi connectivity index (χ1v) is 4.39. The molecule has 0 aliphatic carbocycles. The van der Waals surface area contributed by atoms with Crippen molar-refractivity contribution < 1.29 is 14.3 Å². The van der Waals surface area contributed by atoms with Gasteiger partial charge in [-0.15, -0.1) is 5.10 Å². The summed E-state index contributed by atoms with van der Waals surface area (Å²) in [5.41, 5.74) is 0.432. The molecule has 2 aromatic heterocycles. The molecular weight excluding hydrogens is 215 g/mol. The monoisotopic (exact) mass is 222 g/mol. The summed E-state index contributed by atoms with van der Waals surface area (Å²) in [7, 11) is 0. The summed E-state index contributed by atoms with van der Waals surface area (Å²) in [5.74, 6) is -0.569. The van der Waals surface area contributed by atoms with Gasteiger partial charge >= 0.3 is 5.97 Å². The van der Waals surface area contributed by atoms with E-state index >= 15 is 0 Å². The molecule has 0 amide bonds. The average Bonchev–Trinajstić information content (AvgIpc) is 2.81. The Balaban J connectivity index is 2.41. The number of nitrogens with zero attached hydrogens (tertiary/aromatic N) is 4. The normalized spacial score (nSPS) is 10.1. The minimum Gasteiger partial charge on any atom is -0.249 e. The van der Waals surface area contributed by atoms with Crippen molar-refractivity contribution in [3.63, 3.8) is 0 Å². The van der Waals surface area contributed by atoms with Crippen LogP contribution in [0.3, 0.4) is 0 Å². The Labute approximate surface area is 89.6 Å². The zero-order valence-electron chi connectivity index (χ0n) is 8.29. The second-order valence-electron chi connectivity index (χ2n) is 3.01. The minimum atomic E-state index is -1.06. The van der Waals surface area contributed by atoms with E-state index in [1.807, 2.05) is 0 Å². The van der Waals surface area contributed by atoms with Gasteiger partial charge in [0.25, 0.3) is 0 Å². The van der Waals surface area contributed by atoms with E-state index in [-0.39, 0.29) is 5.56 Å². The van der Waals surface area contributed by atoms with Gasteiger partial charge in [-0.25, -0.2) is 19.4 Å². The summed E-state index contributed by atoms with van der Waals surface area (Å²) < 4.78 is 13.1. The number of carbonyl (C=O) groups is 1. The Morgan fingerprint density at radius 2 is 2.31 bits per heavy atom. The molecule has 0 N–H and O–H groups in total. The molecule has 0 spiro atoms. The van der Waals surface area contributed by atoms with Crippen LogP contribution in [0, 0.1) is 6.92 Å². The fourth-order valence-electron chi connectivity index (χ4n) is 1.26. The fraction of sp³-hybridized carbons (Fsp3) is 0.111. The first-order chi connectivity index (χ1) is 7.72. The lowest BCUT2D eigenvalue weighted by molar-refractivity contribution is -0.0789. The van der Waals surface area contributed by atoms with Crippen molar-refractivity contribution in [2.45, 2.75) is 6.92 Å². The van der Waals surface area contributed by atoms with Crippen LogP contribution < -0.4 is 0 Å². The maximum atomic E-state index is 11.7. The van der Waals surface area contributed by atoms with Crippen LogP contribution in [0.2, 0.25) is 0 Å². The molecule has 0 aliphatic heterocycles. The van der Waals surface area contributed by atoms with Gasteiger partial charge in [-0.3, -0.25) is 0 Å². The zero-order chi connectivity index (χ0) is 11.5. The Bertz CT molecular complexity index is 512. The van der Waals surface area contributed by atoms with Gasteiger partial charge in [0.1, 0.15) is 0 Å². The molecule has 82 valence electrons. The molecule has 0 atom stereocenters. The number of pyridine rings is 1. The Morgan fingerprint density at radius 1 is 1.50 bits per heavy atom. The molecule has 2 heterocycles. The summed E-state index contributed by atoms with van der Waals surface area (Å²) >= 11 is 0. The molecule has 0 saturated carbocycles. The molecule has 2 aromatic rings. The van der Waals surface area contributed by atoms with Crippen LogP contribution in [0.5, 0.6) is 0 Å².